The van der Waals surface area contributed by atoms with Crippen LogP contribution in [0, 0.1) is 17.5 Å². The summed E-state index contributed by atoms with van der Waals surface area (Å²) in [5, 5.41) is 19.7. The van der Waals surface area contributed by atoms with Crippen LogP contribution in [0.3, 0.4) is 0 Å². The van der Waals surface area contributed by atoms with Gasteiger partial charge in [-0.1, -0.05) is 24.3 Å². The second kappa shape index (κ2) is 10.5. The maximum atomic E-state index is 13.7. The highest BCUT2D eigenvalue weighted by atomic mass is 19.2. The van der Waals surface area contributed by atoms with Gasteiger partial charge in [-0.15, -0.1) is 0 Å². The molecular formula is C26H25F3N2O6. The van der Waals surface area contributed by atoms with Crippen molar-refractivity contribution in [3.05, 3.63) is 70.5 Å². The molecular weight excluding hydrogens is 493 g/mol. The maximum absolute atomic E-state index is 13.7. The molecule has 1 saturated heterocycles. The lowest BCUT2D eigenvalue weighted by atomic mass is 9.82. The third-order valence-electron chi connectivity index (χ3n) is 6.71. The van der Waals surface area contributed by atoms with Crippen molar-refractivity contribution in [1.29, 1.82) is 0 Å². The molecule has 0 spiro atoms. The molecule has 4 rings (SSSR count). The molecule has 1 fully saturated rings. The number of piperazine rings is 1. The van der Waals surface area contributed by atoms with E-state index in [0.717, 1.165) is 16.5 Å². The number of hydrogen-bond donors (Lipinski definition) is 2. The van der Waals surface area contributed by atoms with Gasteiger partial charge in [-0.3, -0.25) is 9.69 Å². The summed E-state index contributed by atoms with van der Waals surface area (Å²) >= 11 is 0. The lowest BCUT2D eigenvalue weighted by molar-refractivity contribution is -0.137. The van der Waals surface area contributed by atoms with Crippen molar-refractivity contribution in [2.24, 2.45) is 0 Å². The van der Waals surface area contributed by atoms with Gasteiger partial charge in [0, 0.05) is 20.0 Å². The Hall–Kier alpha value is -4.02. The Balaban J connectivity index is 1.49. The van der Waals surface area contributed by atoms with Gasteiger partial charge in [0.05, 0.1) is 24.3 Å². The van der Waals surface area contributed by atoms with E-state index in [9.17, 15) is 37.8 Å². The standard InChI is InChI=1S/C26H25F3N2O6/c1-14(32)30-12-17-11-18(22(25(33)34)21(13-30)31(17)26(35)36)16-6-4-15(5-7-16)3-2-10-37-24-20(28)9-8-19(27)23(24)29/h4-9,17,21H,2-3,10-13H2,1H3,(H,33,34)(H,35,36). The van der Waals surface area contributed by atoms with Crippen LogP contribution in [0.4, 0.5) is 18.0 Å². The molecule has 2 unspecified atom stereocenters. The van der Waals surface area contributed by atoms with E-state index >= 15 is 0 Å². The summed E-state index contributed by atoms with van der Waals surface area (Å²) in [6, 6.07) is 6.98. The van der Waals surface area contributed by atoms with Crippen LogP contribution in [0.2, 0.25) is 0 Å². The first-order valence-electron chi connectivity index (χ1n) is 11.7. The Morgan fingerprint density at radius 1 is 1.00 bits per heavy atom. The third kappa shape index (κ3) is 5.25. The number of carboxylic acid groups (broad SMARTS) is 2. The molecule has 2 bridgehead atoms. The van der Waals surface area contributed by atoms with E-state index in [-0.39, 0.29) is 37.6 Å². The van der Waals surface area contributed by atoms with Crippen molar-refractivity contribution < 1.29 is 42.5 Å². The lowest BCUT2D eigenvalue weighted by Crippen LogP contribution is -2.64. The first-order valence-corrected chi connectivity index (χ1v) is 11.7. The summed E-state index contributed by atoms with van der Waals surface area (Å²) in [7, 11) is 0. The number of hydrogen-bond acceptors (Lipinski definition) is 4. The second-order valence-corrected chi connectivity index (χ2v) is 9.01. The second-order valence-electron chi connectivity index (χ2n) is 9.01. The third-order valence-corrected chi connectivity index (χ3v) is 6.71. The zero-order chi connectivity index (χ0) is 26.9. The van der Waals surface area contributed by atoms with Crippen LogP contribution < -0.4 is 4.74 Å². The van der Waals surface area contributed by atoms with Gasteiger partial charge < -0.3 is 19.8 Å². The Morgan fingerprint density at radius 2 is 1.68 bits per heavy atom. The van der Waals surface area contributed by atoms with Crippen molar-refractivity contribution in [2.45, 2.75) is 38.3 Å². The average Bonchev–Trinajstić information content (AvgIpc) is 2.84. The Labute approximate surface area is 210 Å². The summed E-state index contributed by atoms with van der Waals surface area (Å²) in [4.78, 5) is 38.7. The van der Waals surface area contributed by atoms with E-state index in [4.69, 9.17) is 4.74 Å². The van der Waals surface area contributed by atoms with Gasteiger partial charge in [-0.25, -0.2) is 18.4 Å². The number of aliphatic carboxylic acids is 1. The van der Waals surface area contributed by atoms with Gasteiger partial charge in [-0.05, 0) is 48.1 Å². The van der Waals surface area contributed by atoms with Gasteiger partial charge in [0.25, 0.3) is 0 Å². The first kappa shape index (κ1) is 26.1. The summed E-state index contributed by atoms with van der Waals surface area (Å²) in [6.45, 7) is 1.47. The first-order chi connectivity index (χ1) is 17.6. The molecule has 2 N–H and O–H groups in total. The summed E-state index contributed by atoms with van der Waals surface area (Å²) in [5.41, 5.74) is 1.97. The minimum atomic E-state index is -1.38. The van der Waals surface area contributed by atoms with Crippen LogP contribution in [-0.2, 0) is 16.0 Å². The van der Waals surface area contributed by atoms with Crippen molar-refractivity contribution >= 4 is 23.5 Å². The smallest absolute Gasteiger partial charge is 0.408 e. The molecule has 0 radical (unpaired) electrons. The van der Waals surface area contributed by atoms with Gasteiger partial charge in [0.1, 0.15) is 0 Å². The zero-order valence-electron chi connectivity index (χ0n) is 19.9. The molecule has 0 aromatic heterocycles. The number of carboxylic acids is 1. The molecule has 2 atom stereocenters. The number of amides is 2. The Bertz CT molecular complexity index is 1260. The molecule has 2 amide bonds. The predicted molar refractivity (Wildman–Crippen MR) is 125 cm³/mol. The molecule has 0 aliphatic carbocycles. The zero-order valence-corrected chi connectivity index (χ0v) is 19.9. The minimum absolute atomic E-state index is 0.0339. The fourth-order valence-corrected chi connectivity index (χ4v) is 4.96. The molecule has 2 aromatic carbocycles. The maximum Gasteiger partial charge on any atom is 0.408 e. The van der Waals surface area contributed by atoms with E-state index in [1.54, 1.807) is 24.3 Å². The van der Waals surface area contributed by atoms with E-state index < -0.39 is 47.3 Å². The number of aryl methyl sites for hydroxylation is 1. The summed E-state index contributed by atoms with van der Waals surface area (Å²) in [6.07, 6.45) is -0.218. The van der Waals surface area contributed by atoms with Crippen molar-refractivity contribution in [2.75, 3.05) is 19.7 Å². The van der Waals surface area contributed by atoms with E-state index in [1.165, 1.54) is 11.8 Å². The number of benzene rings is 2. The van der Waals surface area contributed by atoms with E-state index in [2.05, 4.69) is 0 Å². The molecule has 2 aromatic rings. The SMILES string of the molecule is CC(=O)N1CC2CC(c3ccc(CCCOc4c(F)ccc(F)c4F)cc3)=C(C(=O)O)C(C1)N2C(=O)O. The molecule has 37 heavy (non-hydrogen) atoms. The fourth-order valence-electron chi connectivity index (χ4n) is 4.96. The number of rotatable bonds is 7. The van der Waals surface area contributed by atoms with Gasteiger partial charge in [-0.2, -0.15) is 4.39 Å². The summed E-state index contributed by atoms with van der Waals surface area (Å²) in [5.74, 6) is -5.81. The van der Waals surface area contributed by atoms with Gasteiger partial charge in [0.15, 0.2) is 17.4 Å². The largest absolute Gasteiger partial charge is 0.488 e. The van der Waals surface area contributed by atoms with Crippen LogP contribution in [0.5, 0.6) is 5.75 Å². The van der Waals surface area contributed by atoms with Crippen molar-refractivity contribution in [3.8, 4) is 5.75 Å². The van der Waals surface area contributed by atoms with Crippen molar-refractivity contribution in [3.63, 3.8) is 0 Å². The highest BCUT2D eigenvalue weighted by Gasteiger charge is 2.47. The molecule has 8 nitrogen and oxygen atoms in total. The minimum Gasteiger partial charge on any atom is -0.488 e. The van der Waals surface area contributed by atoms with Crippen LogP contribution in [0.15, 0.2) is 42.0 Å². The molecule has 2 aliphatic heterocycles. The molecule has 196 valence electrons. The van der Waals surface area contributed by atoms with E-state index in [1.807, 2.05) is 0 Å². The highest BCUT2D eigenvalue weighted by molar-refractivity contribution is 5.99. The van der Waals surface area contributed by atoms with Gasteiger partial charge in [0.2, 0.25) is 11.7 Å². The average molecular weight is 518 g/mol. The number of halogens is 3. The molecule has 2 heterocycles. The lowest BCUT2D eigenvalue weighted by Gasteiger charge is -2.49. The topological polar surface area (TPSA) is 107 Å². The highest BCUT2D eigenvalue weighted by Crippen LogP contribution is 2.38. The number of carbonyl (C=O) groups is 3. The number of carbonyl (C=O) groups excluding carboxylic acids is 1. The van der Waals surface area contributed by atoms with Crippen molar-refractivity contribution in [1.82, 2.24) is 9.80 Å². The van der Waals surface area contributed by atoms with Crippen LogP contribution in [0.1, 0.15) is 30.9 Å². The Morgan fingerprint density at radius 3 is 2.30 bits per heavy atom. The number of nitrogens with zero attached hydrogens (tertiary/aromatic N) is 2. The fraction of sp³-hybridized carbons (Fsp3) is 0.346. The van der Waals surface area contributed by atoms with Gasteiger partial charge >= 0.3 is 12.1 Å². The normalized spacial score (nSPS) is 19.1. The monoisotopic (exact) mass is 518 g/mol. The quantitative estimate of drug-likeness (QED) is 0.425. The number of ether oxygens (including phenoxy) is 1. The van der Waals surface area contributed by atoms with E-state index in [0.29, 0.717) is 30.0 Å². The number of fused-ring (bicyclic) bond motifs is 2. The Kier molecular flexibility index (Phi) is 7.42. The molecule has 11 heteroatoms. The summed E-state index contributed by atoms with van der Waals surface area (Å²) < 4.78 is 45.7. The van der Waals surface area contributed by atoms with Crippen LogP contribution in [0.25, 0.3) is 5.57 Å². The van der Waals surface area contributed by atoms with Crippen LogP contribution in [-0.4, -0.2) is 69.8 Å². The predicted octanol–water partition coefficient (Wildman–Crippen LogP) is 3.94. The molecule has 2 aliphatic rings. The van der Waals surface area contributed by atoms with Crippen LogP contribution >= 0.6 is 0 Å². The molecule has 0 saturated carbocycles.